The van der Waals surface area contributed by atoms with E-state index in [1.807, 2.05) is 35.2 Å². The molecule has 1 amide bonds. The molecule has 1 aromatic rings. The molecule has 1 saturated heterocycles. The number of aliphatic carboxylic acids is 1. The van der Waals surface area contributed by atoms with Gasteiger partial charge in [0.1, 0.15) is 0 Å². The molecule has 1 aliphatic heterocycles. The first-order valence-corrected chi connectivity index (χ1v) is 8.33. The van der Waals surface area contributed by atoms with E-state index in [0.717, 1.165) is 18.4 Å². The van der Waals surface area contributed by atoms with Crippen molar-refractivity contribution < 1.29 is 19.4 Å². The molecular weight excluding hydrogens is 294 g/mol. The standard InChI is InChI=1S/C18H23NO4/c20-17(14-7-4-8-15(11-14)18(21)22)19-9-10-23-12-16(19)13-5-2-1-3-6-13/h1-3,5-6,14-16H,4,7-12H2,(H,21,22). The minimum absolute atomic E-state index is 0.0670. The molecule has 2 fully saturated rings. The number of morpholine rings is 1. The lowest BCUT2D eigenvalue weighted by Crippen LogP contribution is -2.47. The number of nitrogens with zero attached hydrogens (tertiary/aromatic N) is 1. The van der Waals surface area contributed by atoms with Crippen molar-refractivity contribution in [1.82, 2.24) is 4.90 Å². The molecule has 5 nitrogen and oxygen atoms in total. The summed E-state index contributed by atoms with van der Waals surface area (Å²) in [5.74, 6) is -1.24. The molecule has 0 bridgehead atoms. The van der Waals surface area contributed by atoms with Crippen LogP contribution in [0.4, 0.5) is 0 Å². The molecule has 1 N–H and O–H groups in total. The van der Waals surface area contributed by atoms with Gasteiger partial charge in [-0.05, 0) is 24.8 Å². The number of carbonyl (C=O) groups is 2. The number of amides is 1. The number of ether oxygens (including phenoxy) is 1. The molecular formula is C18H23NO4. The Bertz CT molecular complexity index is 559. The first-order valence-electron chi connectivity index (χ1n) is 8.33. The van der Waals surface area contributed by atoms with Gasteiger partial charge in [0.25, 0.3) is 0 Å². The summed E-state index contributed by atoms with van der Waals surface area (Å²) in [4.78, 5) is 26.1. The van der Waals surface area contributed by atoms with E-state index in [0.29, 0.717) is 32.6 Å². The zero-order valence-corrected chi connectivity index (χ0v) is 13.2. The lowest BCUT2D eigenvalue weighted by Gasteiger charge is -2.39. The highest BCUT2D eigenvalue weighted by Gasteiger charge is 2.37. The van der Waals surface area contributed by atoms with Crippen molar-refractivity contribution in [3.63, 3.8) is 0 Å². The van der Waals surface area contributed by atoms with E-state index >= 15 is 0 Å². The number of rotatable bonds is 3. The normalized spacial score (nSPS) is 28.3. The van der Waals surface area contributed by atoms with Gasteiger partial charge in [0.2, 0.25) is 5.91 Å². The van der Waals surface area contributed by atoms with E-state index in [9.17, 15) is 14.7 Å². The van der Waals surface area contributed by atoms with E-state index in [1.165, 1.54) is 0 Å². The first kappa shape index (κ1) is 16.0. The van der Waals surface area contributed by atoms with E-state index in [2.05, 4.69) is 0 Å². The zero-order chi connectivity index (χ0) is 16.2. The number of benzene rings is 1. The number of hydrogen-bond acceptors (Lipinski definition) is 3. The van der Waals surface area contributed by atoms with Crippen LogP contribution in [-0.2, 0) is 14.3 Å². The maximum Gasteiger partial charge on any atom is 0.306 e. The van der Waals surface area contributed by atoms with Crippen molar-refractivity contribution in [2.45, 2.75) is 31.7 Å². The third-order valence-corrected chi connectivity index (χ3v) is 4.97. The molecule has 1 aromatic carbocycles. The van der Waals surface area contributed by atoms with Crippen LogP contribution < -0.4 is 0 Å². The molecule has 1 heterocycles. The van der Waals surface area contributed by atoms with Gasteiger partial charge in [-0.2, -0.15) is 0 Å². The zero-order valence-electron chi connectivity index (χ0n) is 13.2. The van der Waals surface area contributed by atoms with Crippen molar-refractivity contribution in [1.29, 1.82) is 0 Å². The Kier molecular flexibility index (Phi) is 4.96. The van der Waals surface area contributed by atoms with Gasteiger partial charge in [-0.1, -0.05) is 36.8 Å². The van der Waals surface area contributed by atoms with Crippen LogP contribution in [0.25, 0.3) is 0 Å². The Labute approximate surface area is 136 Å². The fraction of sp³-hybridized carbons (Fsp3) is 0.556. The van der Waals surface area contributed by atoms with Crippen LogP contribution in [0.15, 0.2) is 30.3 Å². The maximum atomic E-state index is 13.0. The van der Waals surface area contributed by atoms with Crippen LogP contribution in [0.1, 0.15) is 37.3 Å². The molecule has 0 aromatic heterocycles. The third kappa shape index (κ3) is 3.55. The lowest BCUT2D eigenvalue weighted by molar-refractivity contribution is -0.149. The molecule has 1 aliphatic carbocycles. The summed E-state index contributed by atoms with van der Waals surface area (Å²) in [5, 5.41) is 9.23. The van der Waals surface area contributed by atoms with Gasteiger partial charge < -0.3 is 14.7 Å². The highest BCUT2D eigenvalue weighted by molar-refractivity contribution is 5.81. The van der Waals surface area contributed by atoms with Crippen LogP contribution >= 0.6 is 0 Å². The molecule has 3 unspecified atom stereocenters. The largest absolute Gasteiger partial charge is 0.481 e. The van der Waals surface area contributed by atoms with Gasteiger partial charge in [-0.25, -0.2) is 0 Å². The van der Waals surface area contributed by atoms with Crippen LogP contribution in [-0.4, -0.2) is 41.6 Å². The van der Waals surface area contributed by atoms with E-state index in [4.69, 9.17) is 4.74 Å². The van der Waals surface area contributed by atoms with Gasteiger partial charge in [-0.15, -0.1) is 0 Å². The van der Waals surface area contributed by atoms with E-state index in [1.54, 1.807) is 0 Å². The van der Waals surface area contributed by atoms with E-state index in [-0.39, 0.29) is 23.8 Å². The second kappa shape index (κ2) is 7.13. The van der Waals surface area contributed by atoms with Crippen LogP contribution in [0, 0.1) is 11.8 Å². The summed E-state index contributed by atoms with van der Waals surface area (Å²) < 4.78 is 5.58. The average molecular weight is 317 g/mol. The predicted molar refractivity (Wildman–Crippen MR) is 84.8 cm³/mol. The minimum atomic E-state index is -0.774. The summed E-state index contributed by atoms with van der Waals surface area (Å²) in [7, 11) is 0. The average Bonchev–Trinajstić information content (AvgIpc) is 2.62. The fourth-order valence-electron chi connectivity index (χ4n) is 3.69. The van der Waals surface area contributed by atoms with Crippen molar-refractivity contribution in [3.05, 3.63) is 35.9 Å². The summed E-state index contributed by atoms with van der Waals surface area (Å²) in [6, 6.07) is 9.85. The van der Waals surface area contributed by atoms with E-state index < -0.39 is 5.97 Å². The smallest absolute Gasteiger partial charge is 0.306 e. The third-order valence-electron chi connectivity index (χ3n) is 4.97. The van der Waals surface area contributed by atoms with Gasteiger partial charge >= 0.3 is 5.97 Å². The predicted octanol–water partition coefficient (Wildman–Crippen LogP) is 2.48. The van der Waals surface area contributed by atoms with Crippen LogP contribution in [0.2, 0.25) is 0 Å². The number of carboxylic acids is 1. The molecule has 124 valence electrons. The van der Waals surface area contributed by atoms with Gasteiger partial charge in [0, 0.05) is 12.5 Å². The highest BCUT2D eigenvalue weighted by atomic mass is 16.5. The van der Waals surface area contributed by atoms with Gasteiger partial charge in [-0.3, -0.25) is 9.59 Å². The molecule has 0 spiro atoms. The Morgan fingerprint density at radius 3 is 2.61 bits per heavy atom. The first-order chi connectivity index (χ1) is 11.2. The Morgan fingerprint density at radius 2 is 1.87 bits per heavy atom. The quantitative estimate of drug-likeness (QED) is 0.930. The summed E-state index contributed by atoms with van der Waals surface area (Å²) in [6.45, 7) is 1.63. The number of carbonyl (C=O) groups excluding carboxylic acids is 1. The number of hydrogen-bond donors (Lipinski definition) is 1. The second-order valence-corrected chi connectivity index (χ2v) is 6.43. The lowest BCUT2D eigenvalue weighted by atomic mass is 9.80. The molecule has 0 radical (unpaired) electrons. The highest BCUT2D eigenvalue weighted by Crippen LogP contribution is 2.33. The maximum absolute atomic E-state index is 13.0. The minimum Gasteiger partial charge on any atom is -0.481 e. The second-order valence-electron chi connectivity index (χ2n) is 6.43. The monoisotopic (exact) mass is 317 g/mol. The van der Waals surface area contributed by atoms with Crippen molar-refractivity contribution in [2.75, 3.05) is 19.8 Å². The Balaban J connectivity index is 1.75. The summed E-state index contributed by atoms with van der Waals surface area (Å²) >= 11 is 0. The molecule has 3 atom stereocenters. The fourth-order valence-corrected chi connectivity index (χ4v) is 3.69. The van der Waals surface area contributed by atoms with Crippen LogP contribution in [0.5, 0.6) is 0 Å². The SMILES string of the molecule is O=C(O)C1CCCC(C(=O)N2CCOCC2c2ccccc2)C1. The molecule has 23 heavy (non-hydrogen) atoms. The number of carboxylic acid groups (broad SMARTS) is 1. The van der Waals surface area contributed by atoms with Crippen molar-refractivity contribution in [3.8, 4) is 0 Å². The molecule has 1 saturated carbocycles. The summed E-state index contributed by atoms with van der Waals surface area (Å²) in [6.07, 6.45) is 2.76. The molecule has 3 rings (SSSR count). The van der Waals surface area contributed by atoms with Crippen molar-refractivity contribution >= 4 is 11.9 Å². The Hall–Kier alpha value is -1.88. The van der Waals surface area contributed by atoms with Gasteiger partial charge in [0.15, 0.2) is 0 Å². The molecule has 5 heteroatoms. The van der Waals surface area contributed by atoms with Gasteiger partial charge in [0.05, 0.1) is 25.2 Å². The molecule has 2 aliphatic rings. The topological polar surface area (TPSA) is 66.8 Å². The van der Waals surface area contributed by atoms with Crippen molar-refractivity contribution in [2.24, 2.45) is 11.8 Å². The Morgan fingerprint density at radius 1 is 1.13 bits per heavy atom. The summed E-state index contributed by atoms with van der Waals surface area (Å²) in [5.41, 5.74) is 1.08. The van der Waals surface area contributed by atoms with Crippen LogP contribution in [0.3, 0.4) is 0 Å².